The highest BCUT2D eigenvalue weighted by Gasteiger charge is 2.37. The molecule has 2 rings (SSSR count). The van der Waals surface area contributed by atoms with E-state index in [0.29, 0.717) is 31.8 Å². The predicted molar refractivity (Wildman–Crippen MR) is 125 cm³/mol. The van der Waals surface area contributed by atoms with Crippen LogP contribution in [-0.2, 0) is 25.5 Å². The molecule has 0 radical (unpaired) electrons. The van der Waals surface area contributed by atoms with E-state index in [9.17, 15) is 19.5 Å². The number of carbonyl (C=O) groups excluding carboxylic acids is 3. The van der Waals surface area contributed by atoms with Gasteiger partial charge in [0.05, 0.1) is 19.2 Å². The molecular weight excluding hydrogens is 424 g/mol. The molecule has 4 atom stereocenters. The summed E-state index contributed by atoms with van der Waals surface area (Å²) in [6, 6.07) is 7.83. The largest absolute Gasteiger partial charge is 0.468 e. The van der Waals surface area contributed by atoms with Gasteiger partial charge in [-0.2, -0.15) is 0 Å². The third-order valence-electron chi connectivity index (χ3n) is 5.88. The zero-order chi connectivity index (χ0) is 24.4. The van der Waals surface area contributed by atoms with Crippen LogP contribution in [0.5, 0.6) is 0 Å². The first-order valence-electron chi connectivity index (χ1n) is 11.6. The summed E-state index contributed by atoms with van der Waals surface area (Å²) in [5.74, 6) is -0.497. The molecule has 1 aliphatic heterocycles. The second kappa shape index (κ2) is 13.3. The maximum atomic E-state index is 13.3. The van der Waals surface area contributed by atoms with Crippen molar-refractivity contribution >= 4 is 17.8 Å². The summed E-state index contributed by atoms with van der Waals surface area (Å²) in [6.07, 6.45) is 0.183. The molecule has 0 saturated carbocycles. The zero-order valence-corrected chi connectivity index (χ0v) is 20.0. The Hall–Kier alpha value is -2.49. The topological polar surface area (TPSA) is 120 Å². The number of rotatable bonds is 12. The van der Waals surface area contributed by atoms with Gasteiger partial charge in [0.25, 0.3) is 0 Å². The van der Waals surface area contributed by atoms with E-state index >= 15 is 0 Å². The van der Waals surface area contributed by atoms with Crippen molar-refractivity contribution in [3.8, 4) is 0 Å². The number of methoxy groups -OCH3 is 1. The van der Waals surface area contributed by atoms with Crippen molar-refractivity contribution in [3.63, 3.8) is 0 Å². The van der Waals surface area contributed by atoms with Gasteiger partial charge < -0.3 is 25.4 Å². The van der Waals surface area contributed by atoms with Gasteiger partial charge in [0, 0.05) is 26.6 Å². The van der Waals surface area contributed by atoms with Gasteiger partial charge in [0.2, 0.25) is 11.8 Å². The van der Waals surface area contributed by atoms with Crippen molar-refractivity contribution in [2.75, 3.05) is 27.2 Å². The van der Waals surface area contributed by atoms with Gasteiger partial charge in [0.15, 0.2) is 0 Å². The summed E-state index contributed by atoms with van der Waals surface area (Å²) < 4.78 is 4.87. The highest BCUT2D eigenvalue weighted by atomic mass is 16.5. The summed E-state index contributed by atoms with van der Waals surface area (Å²) in [6.45, 7) is 5.21. The quantitative estimate of drug-likeness (QED) is 0.262. The Morgan fingerprint density at radius 2 is 1.97 bits per heavy atom. The van der Waals surface area contributed by atoms with E-state index in [1.165, 1.54) is 14.2 Å². The lowest BCUT2D eigenvalue weighted by molar-refractivity contribution is -0.146. The van der Waals surface area contributed by atoms with Crippen LogP contribution < -0.4 is 16.0 Å². The lowest BCUT2D eigenvalue weighted by Crippen LogP contribution is -2.64. The van der Waals surface area contributed by atoms with E-state index < -0.39 is 24.3 Å². The van der Waals surface area contributed by atoms with E-state index in [-0.39, 0.29) is 30.7 Å². The summed E-state index contributed by atoms with van der Waals surface area (Å²) >= 11 is 0. The molecule has 1 fully saturated rings. The first kappa shape index (κ1) is 26.8. The van der Waals surface area contributed by atoms with Crippen molar-refractivity contribution < 1.29 is 24.2 Å². The van der Waals surface area contributed by atoms with Crippen LogP contribution in [0.25, 0.3) is 0 Å². The summed E-state index contributed by atoms with van der Waals surface area (Å²) in [4.78, 5) is 39.0. The minimum atomic E-state index is -1.19. The molecule has 1 saturated heterocycles. The van der Waals surface area contributed by atoms with Crippen LogP contribution in [0, 0.1) is 5.92 Å². The molecule has 1 heterocycles. The van der Waals surface area contributed by atoms with Crippen molar-refractivity contribution in [3.05, 3.63) is 35.9 Å². The molecule has 4 N–H and O–H groups in total. The lowest BCUT2D eigenvalue weighted by atomic mass is 9.97. The Labute approximate surface area is 196 Å². The van der Waals surface area contributed by atoms with E-state index in [4.69, 9.17) is 4.74 Å². The van der Waals surface area contributed by atoms with Crippen LogP contribution >= 0.6 is 0 Å². The maximum absolute atomic E-state index is 13.3. The molecule has 1 aliphatic rings. The average Bonchev–Trinajstić information content (AvgIpc) is 2.81. The fourth-order valence-electron chi connectivity index (χ4n) is 4.12. The number of carbonyl (C=O) groups is 3. The maximum Gasteiger partial charge on any atom is 0.322 e. The highest BCUT2D eigenvalue weighted by molar-refractivity contribution is 5.83. The lowest BCUT2D eigenvalue weighted by Gasteiger charge is -2.41. The highest BCUT2D eigenvalue weighted by Crippen LogP contribution is 2.19. The molecule has 2 unspecified atom stereocenters. The fraction of sp³-hybridized carbons (Fsp3) is 0.625. The Morgan fingerprint density at radius 1 is 1.27 bits per heavy atom. The summed E-state index contributed by atoms with van der Waals surface area (Å²) in [5.41, 5.74) is 0.968. The number of esters is 1. The Balaban J connectivity index is 2.24. The number of hydrogen-bond acceptors (Lipinski definition) is 7. The molecule has 1 aromatic rings. The van der Waals surface area contributed by atoms with Crippen molar-refractivity contribution in [1.29, 1.82) is 0 Å². The zero-order valence-electron chi connectivity index (χ0n) is 20.0. The van der Waals surface area contributed by atoms with Crippen LogP contribution in [-0.4, -0.2) is 79.4 Å². The Kier molecular flexibility index (Phi) is 10.8. The first-order chi connectivity index (χ1) is 15.8. The molecular formula is C24H38N4O5. The average molecular weight is 463 g/mol. The van der Waals surface area contributed by atoms with E-state index in [0.717, 1.165) is 5.56 Å². The van der Waals surface area contributed by atoms with Crippen molar-refractivity contribution in [2.45, 2.75) is 63.9 Å². The molecule has 2 amide bonds. The molecule has 0 bridgehead atoms. The van der Waals surface area contributed by atoms with Gasteiger partial charge in [-0.05, 0) is 30.7 Å². The minimum Gasteiger partial charge on any atom is -0.468 e. The van der Waals surface area contributed by atoms with Crippen LogP contribution in [0.1, 0.15) is 38.7 Å². The van der Waals surface area contributed by atoms with Gasteiger partial charge in [-0.3, -0.25) is 19.7 Å². The molecule has 0 spiro atoms. The van der Waals surface area contributed by atoms with Crippen molar-refractivity contribution in [1.82, 2.24) is 20.9 Å². The van der Waals surface area contributed by atoms with Crippen LogP contribution in [0.3, 0.4) is 0 Å². The van der Waals surface area contributed by atoms with Gasteiger partial charge in [-0.1, -0.05) is 44.2 Å². The third-order valence-corrected chi connectivity index (χ3v) is 5.88. The molecule has 1 aromatic carbocycles. The number of nitrogens with one attached hydrogen (secondary N) is 3. The molecule has 9 nitrogen and oxygen atoms in total. The number of aliphatic hydroxyl groups is 1. The van der Waals surface area contributed by atoms with Gasteiger partial charge >= 0.3 is 5.97 Å². The number of amides is 2. The molecule has 0 aromatic heterocycles. The second-order valence-corrected chi connectivity index (χ2v) is 8.82. The van der Waals surface area contributed by atoms with E-state index in [2.05, 4.69) is 29.8 Å². The van der Waals surface area contributed by atoms with Gasteiger partial charge in [-0.25, -0.2) is 0 Å². The van der Waals surface area contributed by atoms with E-state index in [1.807, 2.05) is 30.3 Å². The number of piperazine rings is 1. The number of benzene rings is 1. The number of nitrogens with zero attached hydrogens (tertiary/aromatic N) is 1. The van der Waals surface area contributed by atoms with Gasteiger partial charge in [0.1, 0.15) is 12.3 Å². The van der Waals surface area contributed by atoms with Crippen LogP contribution in [0.4, 0.5) is 0 Å². The molecule has 9 heteroatoms. The van der Waals surface area contributed by atoms with Crippen LogP contribution in [0.2, 0.25) is 0 Å². The Bertz CT molecular complexity index is 773. The number of ether oxygens (including phenoxy) is 1. The predicted octanol–water partition coefficient (Wildman–Crippen LogP) is 0.420. The smallest absolute Gasteiger partial charge is 0.322 e. The number of hydrogen-bond donors (Lipinski definition) is 4. The fourth-order valence-corrected chi connectivity index (χ4v) is 4.12. The van der Waals surface area contributed by atoms with Crippen LogP contribution in [0.15, 0.2) is 30.3 Å². The first-order valence-corrected chi connectivity index (χ1v) is 11.6. The van der Waals surface area contributed by atoms with E-state index in [1.54, 1.807) is 4.90 Å². The normalized spacial score (nSPS) is 19.2. The minimum absolute atomic E-state index is 0.0586. The van der Waals surface area contributed by atoms with Gasteiger partial charge in [-0.15, -0.1) is 0 Å². The molecule has 33 heavy (non-hydrogen) atoms. The third kappa shape index (κ3) is 8.10. The Morgan fingerprint density at radius 3 is 2.58 bits per heavy atom. The van der Waals surface area contributed by atoms with Crippen molar-refractivity contribution in [2.24, 2.45) is 5.92 Å². The standard InChI is InChI=1S/C24H38N4O5/c1-16(2)14-19-23(31)28(13-12-26-19)20(15-17-8-6-5-7-9-17)22(30)27-18(24(32)33-4)10-11-21(29)25-3/h5-9,16,18-20,22,26-27,30H,10-15H2,1-4H3,(H,25,29)/t18?,19-,20-,22?/m0/s1. The molecule has 184 valence electrons. The summed E-state index contributed by atoms with van der Waals surface area (Å²) in [7, 11) is 2.79. The SMILES string of the molecule is CNC(=O)CCC(NC(O)[C@H](Cc1ccccc1)N1CCN[C@@H](CC(C)C)C1=O)C(=O)OC. The second-order valence-electron chi connectivity index (χ2n) is 8.82. The molecule has 0 aliphatic carbocycles. The monoisotopic (exact) mass is 462 g/mol. The summed E-state index contributed by atoms with van der Waals surface area (Å²) in [5, 5.41) is 19.9. The number of aliphatic hydroxyl groups excluding tert-OH is 1.